The van der Waals surface area contributed by atoms with Crippen LogP contribution in [0.25, 0.3) is 0 Å². The summed E-state index contributed by atoms with van der Waals surface area (Å²) in [5, 5.41) is 0. The zero-order valence-electron chi connectivity index (χ0n) is 10.8. The molecule has 0 bridgehead atoms. The van der Waals surface area contributed by atoms with E-state index < -0.39 is 0 Å². The van der Waals surface area contributed by atoms with Crippen LogP contribution in [-0.4, -0.2) is 13.4 Å². The Labute approximate surface area is 104 Å². The summed E-state index contributed by atoms with van der Waals surface area (Å²) in [6, 6.07) is 10.1. The van der Waals surface area contributed by atoms with Gasteiger partial charge in [-0.05, 0) is 12.0 Å². The van der Waals surface area contributed by atoms with E-state index in [0.717, 1.165) is 6.42 Å². The largest absolute Gasteiger partial charge is 0.355 e. The van der Waals surface area contributed by atoms with Crippen molar-refractivity contribution in [2.45, 2.75) is 26.9 Å². The summed E-state index contributed by atoms with van der Waals surface area (Å²) in [5.74, 6) is 0.403. The topological polar surface area (TPSA) is 18.5 Å². The van der Waals surface area contributed by atoms with Crippen LogP contribution in [0.5, 0.6) is 0 Å². The van der Waals surface area contributed by atoms with E-state index >= 15 is 0 Å². The van der Waals surface area contributed by atoms with Gasteiger partial charge in [-0.2, -0.15) is 0 Å². The van der Waals surface area contributed by atoms with Crippen molar-refractivity contribution in [3.05, 3.63) is 48.0 Å². The highest BCUT2D eigenvalue weighted by atomic mass is 16.7. The van der Waals surface area contributed by atoms with Crippen molar-refractivity contribution < 1.29 is 9.47 Å². The minimum absolute atomic E-state index is 0.343. The van der Waals surface area contributed by atoms with Crippen molar-refractivity contribution in [3.63, 3.8) is 0 Å². The maximum Gasteiger partial charge on any atom is 0.147 e. The second-order valence-corrected chi connectivity index (χ2v) is 4.24. The Hall–Kier alpha value is -1.12. The van der Waals surface area contributed by atoms with Gasteiger partial charge in [0.05, 0.1) is 13.2 Å². The van der Waals surface area contributed by atoms with Gasteiger partial charge in [0, 0.05) is 5.92 Å². The van der Waals surface area contributed by atoms with Crippen LogP contribution >= 0.6 is 0 Å². The van der Waals surface area contributed by atoms with Gasteiger partial charge in [-0.25, -0.2) is 0 Å². The summed E-state index contributed by atoms with van der Waals surface area (Å²) >= 11 is 0. The molecule has 0 fully saturated rings. The standard InChI is InChI=1S/C15H22O2/c1-4-13(2)14(3)10-16-12-17-11-15-8-6-5-7-9-15/h5-9,14H,2,4,10-12H2,1,3H3. The van der Waals surface area contributed by atoms with E-state index in [1.165, 1.54) is 11.1 Å². The van der Waals surface area contributed by atoms with Crippen LogP contribution in [0.1, 0.15) is 25.8 Å². The molecule has 0 aliphatic carbocycles. The Morgan fingerprint density at radius 3 is 2.59 bits per heavy atom. The molecule has 1 aromatic carbocycles. The molecule has 1 rings (SSSR count). The third kappa shape index (κ3) is 5.66. The van der Waals surface area contributed by atoms with E-state index in [-0.39, 0.29) is 0 Å². The van der Waals surface area contributed by atoms with Crippen LogP contribution < -0.4 is 0 Å². The SMILES string of the molecule is C=C(CC)C(C)COCOCc1ccccc1. The highest BCUT2D eigenvalue weighted by Gasteiger charge is 2.04. The van der Waals surface area contributed by atoms with E-state index in [2.05, 4.69) is 20.4 Å². The summed E-state index contributed by atoms with van der Waals surface area (Å²) in [4.78, 5) is 0. The molecule has 17 heavy (non-hydrogen) atoms. The minimum atomic E-state index is 0.343. The molecule has 0 aliphatic heterocycles. The molecule has 1 aromatic rings. The third-order valence-corrected chi connectivity index (χ3v) is 2.80. The first-order valence-electron chi connectivity index (χ1n) is 6.11. The van der Waals surface area contributed by atoms with E-state index in [0.29, 0.717) is 25.9 Å². The molecule has 94 valence electrons. The van der Waals surface area contributed by atoms with Crippen molar-refractivity contribution in [1.29, 1.82) is 0 Å². The Bertz CT molecular complexity index is 319. The Balaban J connectivity index is 2.07. The van der Waals surface area contributed by atoms with Crippen LogP contribution in [0.3, 0.4) is 0 Å². The average Bonchev–Trinajstić information content (AvgIpc) is 2.38. The Morgan fingerprint density at radius 2 is 1.94 bits per heavy atom. The lowest BCUT2D eigenvalue weighted by Gasteiger charge is -2.13. The number of ether oxygens (including phenoxy) is 2. The monoisotopic (exact) mass is 234 g/mol. The summed E-state index contributed by atoms with van der Waals surface area (Å²) in [6.07, 6.45) is 1.01. The maximum atomic E-state index is 5.46. The van der Waals surface area contributed by atoms with E-state index in [9.17, 15) is 0 Å². The molecule has 0 aromatic heterocycles. The van der Waals surface area contributed by atoms with Crippen molar-refractivity contribution in [3.8, 4) is 0 Å². The first kappa shape index (κ1) is 13.9. The summed E-state index contributed by atoms with van der Waals surface area (Å²) in [7, 11) is 0. The predicted molar refractivity (Wildman–Crippen MR) is 70.6 cm³/mol. The molecule has 0 saturated carbocycles. The van der Waals surface area contributed by atoms with Gasteiger partial charge in [0.25, 0.3) is 0 Å². The van der Waals surface area contributed by atoms with Crippen LogP contribution in [-0.2, 0) is 16.1 Å². The lowest BCUT2D eigenvalue weighted by molar-refractivity contribution is -0.0676. The van der Waals surface area contributed by atoms with E-state index in [1.54, 1.807) is 0 Å². The van der Waals surface area contributed by atoms with Gasteiger partial charge in [0.15, 0.2) is 0 Å². The quantitative estimate of drug-likeness (QED) is 0.387. The first-order valence-corrected chi connectivity index (χ1v) is 6.11. The van der Waals surface area contributed by atoms with Gasteiger partial charge in [-0.1, -0.05) is 56.3 Å². The lowest BCUT2D eigenvalue weighted by atomic mass is 10.0. The van der Waals surface area contributed by atoms with Crippen molar-refractivity contribution in [1.82, 2.24) is 0 Å². The molecule has 0 spiro atoms. The molecule has 1 atom stereocenters. The van der Waals surface area contributed by atoms with Crippen LogP contribution in [0.15, 0.2) is 42.5 Å². The smallest absolute Gasteiger partial charge is 0.147 e. The number of hydrogen-bond donors (Lipinski definition) is 0. The molecule has 0 aliphatic rings. The fourth-order valence-electron chi connectivity index (χ4n) is 1.48. The number of benzene rings is 1. The predicted octanol–water partition coefficient (Wildman–Crippen LogP) is 3.78. The molecule has 0 heterocycles. The van der Waals surface area contributed by atoms with Gasteiger partial charge in [0.1, 0.15) is 6.79 Å². The molecule has 1 unspecified atom stereocenters. The molecule has 0 N–H and O–H groups in total. The zero-order chi connectivity index (χ0) is 12.5. The van der Waals surface area contributed by atoms with Crippen LogP contribution in [0, 0.1) is 5.92 Å². The fraction of sp³-hybridized carbons (Fsp3) is 0.467. The van der Waals surface area contributed by atoms with Crippen LogP contribution in [0.4, 0.5) is 0 Å². The van der Waals surface area contributed by atoms with Gasteiger partial charge in [-0.3, -0.25) is 0 Å². The molecule has 2 nitrogen and oxygen atoms in total. The average molecular weight is 234 g/mol. The summed E-state index contributed by atoms with van der Waals surface area (Å²) in [5.41, 5.74) is 2.40. The van der Waals surface area contributed by atoms with Crippen molar-refractivity contribution in [2.24, 2.45) is 5.92 Å². The molecule has 0 amide bonds. The molecular weight excluding hydrogens is 212 g/mol. The number of hydrogen-bond acceptors (Lipinski definition) is 2. The summed E-state index contributed by atoms with van der Waals surface area (Å²) < 4.78 is 10.9. The van der Waals surface area contributed by atoms with Crippen LogP contribution in [0.2, 0.25) is 0 Å². The third-order valence-electron chi connectivity index (χ3n) is 2.80. The molecule has 0 saturated heterocycles. The summed E-state index contributed by atoms with van der Waals surface area (Å²) in [6.45, 7) is 9.87. The Morgan fingerprint density at radius 1 is 1.24 bits per heavy atom. The lowest BCUT2D eigenvalue weighted by Crippen LogP contribution is -2.10. The van der Waals surface area contributed by atoms with Crippen molar-refractivity contribution in [2.75, 3.05) is 13.4 Å². The zero-order valence-corrected chi connectivity index (χ0v) is 10.8. The van der Waals surface area contributed by atoms with Crippen molar-refractivity contribution >= 4 is 0 Å². The fourth-order valence-corrected chi connectivity index (χ4v) is 1.48. The normalized spacial score (nSPS) is 12.4. The first-order chi connectivity index (χ1) is 8.24. The number of rotatable bonds is 8. The minimum Gasteiger partial charge on any atom is -0.355 e. The maximum absolute atomic E-state index is 5.46. The Kier molecular flexibility index (Phi) is 6.60. The molecule has 0 radical (unpaired) electrons. The highest BCUT2D eigenvalue weighted by molar-refractivity contribution is 5.13. The van der Waals surface area contributed by atoms with E-state index in [4.69, 9.17) is 9.47 Å². The van der Waals surface area contributed by atoms with Gasteiger partial charge < -0.3 is 9.47 Å². The highest BCUT2D eigenvalue weighted by Crippen LogP contribution is 2.11. The second-order valence-electron chi connectivity index (χ2n) is 4.24. The van der Waals surface area contributed by atoms with Gasteiger partial charge in [-0.15, -0.1) is 0 Å². The van der Waals surface area contributed by atoms with E-state index in [1.807, 2.05) is 30.3 Å². The molecular formula is C15H22O2. The van der Waals surface area contributed by atoms with Gasteiger partial charge >= 0.3 is 0 Å². The second kappa shape index (κ2) is 8.04. The van der Waals surface area contributed by atoms with Gasteiger partial charge in [0.2, 0.25) is 0 Å². The molecule has 2 heteroatoms.